The van der Waals surface area contributed by atoms with Gasteiger partial charge in [0.05, 0.1) is 10.9 Å². The Bertz CT molecular complexity index is 713. The van der Waals surface area contributed by atoms with E-state index in [1.54, 1.807) is 4.68 Å². The molecule has 7 heteroatoms. The standard InChI is InChI=1S/C18H27N5OS/c1-11(2)22(12(3)4)17(24)15(7)25-18-19-20-21-23(18)16-9-13(5)8-14(6)10-16/h8-12,15H,1-7H3/t15-/m0/s1. The van der Waals surface area contributed by atoms with Crippen molar-refractivity contribution < 1.29 is 4.79 Å². The summed E-state index contributed by atoms with van der Waals surface area (Å²) < 4.78 is 1.70. The van der Waals surface area contributed by atoms with Crippen LogP contribution in [0.25, 0.3) is 5.69 Å². The summed E-state index contributed by atoms with van der Waals surface area (Å²) in [6.45, 7) is 14.1. The molecule has 0 aliphatic rings. The van der Waals surface area contributed by atoms with E-state index in [0.717, 1.165) is 16.8 Å². The first-order chi connectivity index (χ1) is 11.7. The van der Waals surface area contributed by atoms with E-state index in [0.29, 0.717) is 5.16 Å². The van der Waals surface area contributed by atoms with Gasteiger partial charge in [0.25, 0.3) is 0 Å². The van der Waals surface area contributed by atoms with Gasteiger partial charge in [-0.15, -0.1) is 5.10 Å². The van der Waals surface area contributed by atoms with Crippen LogP contribution in [0.15, 0.2) is 23.4 Å². The number of thioether (sulfide) groups is 1. The molecule has 25 heavy (non-hydrogen) atoms. The second kappa shape index (κ2) is 7.99. The van der Waals surface area contributed by atoms with Crippen LogP contribution >= 0.6 is 11.8 Å². The van der Waals surface area contributed by atoms with E-state index >= 15 is 0 Å². The Balaban J connectivity index is 2.24. The van der Waals surface area contributed by atoms with E-state index in [-0.39, 0.29) is 23.2 Å². The molecule has 1 aromatic heterocycles. The van der Waals surface area contributed by atoms with E-state index < -0.39 is 0 Å². The van der Waals surface area contributed by atoms with E-state index in [9.17, 15) is 4.79 Å². The van der Waals surface area contributed by atoms with Gasteiger partial charge in [-0.3, -0.25) is 4.79 Å². The van der Waals surface area contributed by atoms with Crippen LogP contribution in [0.5, 0.6) is 0 Å². The Hall–Kier alpha value is -1.89. The van der Waals surface area contributed by atoms with Gasteiger partial charge in [-0.05, 0) is 82.2 Å². The zero-order valence-electron chi connectivity index (χ0n) is 16.0. The molecule has 0 N–H and O–H groups in total. The van der Waals surface area contributed by atoms with Crippen molar-refractivity contribution in [2.75, 3.05) is 0 Å². The minimum Gasteiger partial charge on any atom is -0.337 e. The predicted molar refractivity (Wildman–Crippen MR) is 101 cm³/mol. The number of tetrazole rings is 1. The fourth-order valence-corrected chi connectivity index (χ4v) is 3.88. The molecule has 0 fully saturated rings. The van der Waals surface area contributed by atoms with Crippen molar-refractivity contribution in [3.05, 3.63) is 29.3 Å². The summed E-state index contributed by atoms with van der Waals surface area (Å²) in [5.41, 5.74) is 3.21. The van der Waals surface area contributed by atoms with Crippen LogP contribution in [0.2, 0.25) is 0 Å². The van der Waals surface area contributed by atoms with Crippen LogP contribution in [0.1, 0.15) is 45.7 Å². The minimum atomic E-state index is -0.263. The van der Waals surface area contributed by atoms with Crippen LogP contribution in [0.3, 0.4) is 0 Å². The molecule has 0 spiro atoms. The third-order valence-electron chi connectivity index (χ3n) is 3.89. The largest absolute Gasteiger partial charge is 0.337 e. The highest BCUT2D eigenvalue weighted by Crippen LogP contribution is 2.26. The van der Waals surface area contributed by atoms with E-state index in [1.165, 1.54) is 11.8 Å². The number of rotatable bonds is 6. The molecule has 0 aliphatic heterocycles. The number of nitrogens with zero attached hydrogens (tertiary/aromatic N) is 5. The molecule has 0 saturated heterocycles. The first-order valence-corrected chi connectivity index (χ1v) is 9.44. The van der Waals surface area contributed by atoms with Crippen LogP contribution in [-0.4, -0.2) is 48.3 Å². The Morgan fingerprint density at radius 2 is 1.60 bits per heavy atom. The van der Waals surface area contributed by atoms with Gasteiger partial charge in [0.1, 0.15) is 0 Å². The molecule has 136 valence electrons. The molecular formula is C18H27N5OS. The minimum absolute atomic E-state index is 0.102. The molecule has 0 unspecified atom stereocenters. The molecule has 1 amide bonds. The third kappa shape index (κ3) is 4.60. The van der Waals surface area contributed by atoms with Crippen molar-refractivity contribution in [2.45, 2.75) is 71.0 Å². The molecule has 1 heterocycles. The smallest absolute Gasteiger partial charge is 0.236 e. The van der Waals surface area contributed by atoms with E-state index in [2.05, 4.69) is 21.6 Å². The van der Waals surface area contributed by atoms with Crippen molar-refractivity contribution in [1.82, 2.24) is 25.1 Å². The van der Waals surface area contributed by atoms with Crippen LogP contribution in [-0.2, 0) is 4.79 Å². The monoisotopic (exact) mass is 361 g/mol. The van der Waals surface area contributed by atoms with E-state index in [1.807, 2.05) is 65.5 Å². The average Bonchev–Trinajstić information content (AvgIpc) is 2.93. The third-order valence-corrected chi connectivity index (χ3v) is 4.91. The second-order valence-corrected chi connectivity index (χ2v) is 8.22. The maximum Gasteiger partial charge on any atom is 0.236 e. The first kappa shape index (κ1) is 19.4. The lowest BCUT2D eigenvalue weighted by atomic mass is 10.1. The normalized spacial score (nSPS) is 12.7. The number of hydrogen-bond acceptors (Lipinski definition) is 5. The molecule has 0 saturated carbocycles. The number of amides is 1. The Kier molecular flexibility index (Phi) is 6.21. The van der Waals surface area contributed by atoms with Gasteiger partial charge < -0.3 is 4.90 Å². The predicted octanol–water partition coefficient (Wildman–Crippen LogP) is 3.41. The van der Waals surface area contributed by atoms with Gasteiger partial charge in [-0.25, -0.2) is 0 Å². The lowest BCUT2D eigenvalue weighted by Gasteiger charge is -2.32. The maximum atomic E-state index is 12.8. The summed E-state index contributed by atoms with van der Waals surface area (Å²) in [6, 6.07) is 6.50. The quantitative estimate of drug-likeness (QED) is 0.738. The Labute approximate surface area is 154 Å². The zero-order valence-corrected chi connectivity index (χ0v) is 16.8. The maximum absolute atomic E-state index is 12.8. The molecule has 6 nitrogen and oxygen atoms in total. The number of aryl methyl sites for hydroxylation is 2. The number of hydrogen-bond donors (Lipinski definition) is 0. The summed E-state index contributed by atoms with van der Waals surface area (Å²) in [4.78, 5) is 14.7. The molecule has 2 aromatic rings. The number of carbonyl (C=O) groups excluding carboxylic acids is 1. The highest BCUT2D eigenvalue weighted by atomic mass is 32.2. The first-order valence-electron chi connectivity index (χ1n) is 8.56. The SMILES string of the molecule is Cc1cc(C)cc(-n2nnnc2S[C@@H](C)C(=O)N(C(C)C)C(C)C)c1. The highest BCUT2D eigenvalue weighted by Gasteiger charge is 2.27. The zero-order chi connectivity index (χ0) is 18.7. The summed E-state index contributed by atoms with van der Waals surface area (Å²) in [7, 11) is 0. The molecular weight excluding hydrogens is 334 g/mol. The summed E-state index contributed by atoms with van der Waals surface area (Å²) in [5, 5.41) is 12.4. The Morgan fingerprint density at radius 1 is 1.04 bits per heavy atom. The topological polar surface area (TPSA) is 63.9 Å². The van der Waals surface area contributed by atoms with Crippen molar-refractivity contribution in [2.24, 2.45) is 0 Å². The molecule has 1 aromatic carbocycles. The lowest BCUT2D eigenvalue weighted by Crippen LogP contribution is -2.45. The fourth-order valence-electron chi connectivity index (χ4n) is 3.01. The van der Waals surface area contributed by atoms with Crippen molar-refractivity contribution >= 4 is 17.7 Å². The summed E-state index contributed by atoms with van der Waals surface area (Å²) >= 11 is 1.39. The van der Waals surface area contributed by atoms with Gasteiger partial charge in [-0.2, -0.15) is 4.68 Å². The molecule has 0 bridgehead atoms. The lowest BCUT2D eigenvalue weighted by molar-refractivity contribution is -0.133. The van der Waals surface area contributed by atoms with Crippen molar-refractivity contribution in [3.63, 3.8) is 0 Å². The number of benzene rings is 1. The van der Waals surface area contributed by atoms with Crippen LogP contribution < -0.4 is 0 Å². The molecule has 1 atom stereocenters. The van der Waals surface area contributed by atoms with Gasteiger partial charge in [0.15, 0.2) is 0 Å². The second-order valence-electron chi connectivity index (χ2n) is 6.91. The van der Waals surface area contributed by atoms with Crippen LogP contribution in [0, 0.1) is 13.8 Å². The highest BCUT2D eigenvalue weighted by molar-refractivity contribution is 8.00. The number of carbonyl (C=O) groups is 1. The molecule has 0 radical (unpaired) electrons. The van der Waals surface area contributed by atoms with Crippen molar-refractivity contribution in [3.8, 4) is 5.69 Å². The van der Waals surface area contributed by atoms with E-state index in [4.69, 9.17) is 0 Å². The van der Waals surface area contributed by atoms with Gasteiger partial charge in [0.2, 0.25) is 11.1 Å². The summed E-state index contributed by atoms with van der Waals surface area (Å²) in [5.74, 6) is 0.102. The molecule has 0 aliphatic carbocycles. The average molecular weight is 362 g/mol. The fraction of sp³-hybridized carbons (Fsp3) is 0.556. The Morgan fingerprint density at radius 3 is 2.12 bits per heavy atom. The van der Waals surface area contributed by atoms with Gasteiger partial charge in [0, 0.05) is 12.1 Å². The van der Waals surface area contributed by atoms with Gasteiger partial charge >= 0.3 is 0 Å². The van der Waals surface area contributed by atoms with Gasteiger partial charge in [-0.1, -0.05) is 17.8 Å². The van der Waals surface area contributed by atoms with Crippen molar-refractivity contribution in [1.29, 1.82) is 0 Å². The van der Waals surface area contributed by atoms with Crippen LogP contribution in [0.4, 0.5) is 0 Å². The number of aromatic nitrogens is 4. The molecule has 2 rings (SSSR count). The summed E-state index contributed by atoms with van der Waals surface area (Å²) in [6.07, 6.45) is 0.